The van der Waals surface area contributed by atoms with Gasteiger partial charge in [0.1, 0.15) is 0 Å². The van der Waals surface area contributed by atoms with Crippen molar-refractivity contribution in [3.63, 3.8) is 0 Å². The number of aliphatic hydroxyl groups excluding tert-OH is 1. The Bertz CT molecular complexity index is 361. The van der Waals surface area contributed by atoms with E-state index in [1.807, 2.05) is 12.1 Å². The van der Waals surface area contributed by atoms with E-state index in [2.05, 4.69) is 6.07 Å². The lowest BCUT2D eigenvalue weighted by atomic mass is 10.0. The molecule has 1 aliphatic carbocycles. The molecule has 2 nitrogen and oxygen atoms in total. The molecule has 1 N–H and O–H groups in total. The highest BCUT2D eigenvalue weighted by molar-refractivity contribution is 5.41. The fourth-order valence-corrected chi connectivity index (χ4v) is 1.52. The van der Waals surface area contributed by atoms with E-state index in [0.717, 1.165) is 5.56 Å². The van der Waals surface area contributed by atoms with E-state index in [0.29, 0.717) is 11.5 Å². The lowest BCUT2D eigenvalue weighted by molar-refractivity contribution is 0.281. The number of hydrogen-bond donors (Lipinski definition) is 1. The summed E-state index contributed by atoms with van der Waals surface area (Å²) in [5.74, 6) is 0.679. The second kappa shape index (κ2) is 3.20. The van der Waals surface area contributed by atoms with Gasteiger partial charge in [-0.2, -0.15) is 5.26 Å². The Balaban J connectivity index is 2.38. The lowest BCUT2D eigenvalue weighted by Crippen LogP contribution is -1.91. The number of benzene rings is 1. The van der Waals surface area contributed by atoms with Crippen molar-refractivity contribution in [2.75, 3.05) is 0 Å². The Kier molecular flexibility index (Phi) is 2.03. The van der Waals surface area contributed by atoms with E-state index >= 15 is 0 Å². The van der Waals surface area contributed by atoms with Crippen molar-refractivity contribution >= 4 is 0 Å². The van der Waals surface area contributed by atoms with Gasteiger partial charge in [0.05, 0.1) is 18.2 Å². The summed E-state index contributed by atoms with van der Waals surface area (Å²) in [6.45, 7) is -0.0382. The van der Waals surface area contributed by atoms with Crippen molar-refractivity contribution in [2.24, 2.45) is 0 Å². The van der Waals surface area contributed by atoms with E-state index in [-0.39, 0.29) is 6.61 Å². The first-order valence-electron chi connectivity index (χ1n) is 4.49. The van der Waals surface area contributed by atoms with Crippen LogP contribution in [-0.2, 0) is 6.61 Å². The predicted molar refractivity (Wildman–Crippen MR) is 49.1 cm³/mol. The molecule has 0 radical (unpaired) electrons. The van der Waals surface area contributed by atoms with Crippen LogP contribution in [0.2, 0.25) is 0 Å². The summed E-state index contributed by atoms with van der Waals surface area (Å²) in [5.41, 5.74) is 2.61. The monoisotopic (exact) mass is 173 g/mol. The van der Waals surface area contributed by atoms with E-state index < -0.39 is 0 Å². The highest BCUT2D eigenvalue weighted by atomic mass is 16.3. The molecule has 0 unspecified atom stereocenters. The smallest absolute Gasteiger partial charge is 0.0995 e. The molecule has 0 heterocycles. The van der Waals surface area contributed by atoms with Gasteiger partial charge in [-0.05, 0) is 36.0 Å². The molecule has 1 fully saturated rings. The number of nitriles is 1. The van der Waals surface area contributed by atoms with Crippen LogP contribution in [0.1, 0.15) is 35.4 Å². The maximum atomic E-state index is 9.03. The topological polar surface area (TPSA) is 44.0 Å². The highest BCUT2D eigenvalue weighted by Gasteiger charge is 2.23. The molecule has 0 aromatic heterocycles. The van der Waals surface area contributed by atoms with Crippen molar-refractivity contribution in [3.8, 4) is 6.07 Å². The normalized spacial score (nSPS) is 15.4. The van der Waals surface area contributed by atoms with Gasteiger partial charge in [0.25, 0.3) is 0 Å². The van der Waals surface area contributed by atoms with Crippen LogP contribution in [0.5, 0.6) is 0 Å². The number of rotatable bonds is 2. The van der Waals surface area contributed by atoms with Crippen molar-refractivity contribution in [3.05, 3.63) is 34.9 Å². The summed E-state index contributed by atoms with van der Waals surface area (Å²) in [7, 11) is 0. The Morgan fingerprint density at radius 1 is 1.46 bits per heavy atom. The molecule has 0 spiro atoms. The van der Waals surface area contributed by atoms with Gasteiger partial charge >= 0.3 is 0 Å². The third-order valence-electron chi connectivity index (χ3n) is 2.47. The molecular formula is C11H11NO. The minimum absolute atomic E-state index is 0.0382. The summed E-state index contributed by atoms with van der Waals surface area (Å²) < 4.78 is 0. The second-order valence-corrected chi connectivity index (χ2v) is 3.46. The molecule has 1 saturated carbocycles. The average Bonchev–Trinajstić information content (AvgIpc) is 3.00. The van der Waals surface area contributed by atoms with Crippen LogP contribution in [0.3, 0.4) is 0 Å². The standard InChI is InChI=1S/C11H11NO/c12-6-10-4-3-9(8-1-2-8)5-11(10)7-13/h3-5,8,13H,1-2,7H2. The maximum Gasteiger partial charge on any atom is 0.0995 e. The Labute approximate surface area is 77.4 Å². The molecule has 2 rings (SSSR count). The van der Waals surface area contributed by atoms with Crippen LogP contribution in [-0.4, -0.2) is 5.11 Å². The maximum absolute atomic E-state index is 9.03. The molecule has 13 heavy (non-hydrogen) atoms. The number of hydrogen-bond acceptors (Lipinski definition) is 2. The second-order valence-electron chi connectivity index (χ2n) is 3.46. The molecule has 1 aromatic carbocycles. The van der Waals surface area contributed by atoms with E-state index in [9.17, 15) is 0 Å². The van der Waals surface area contributed by atoms with Crippen LogP contribution in [0, 0.1) is 11.3 Å². The first-order valence-corrected chi connectivity index (χ1v) is 4.49. The Morgan fingerprint density at radius 3 is 2.77 bits per heavy atom. The zero-order chi connectivity index (χ0) is 9.26. The van der Waals surface area contributed by atoms with E-state index in [4.69, 9.17) is 10.4 Å². The number of nitrogens with zero attached hydrogens (tertiary/aromatic N) is 1. The van der Waals surface area contributed by atoms with Crippen LogP contribution in [0.4, 0.5) is 0 Å². The molecule has 0 amide bonds. The predicted octanol–water partition coefficient (Wildman–Crippen LogP) is 1.93. The molecule has 1 aromatic rings. The molecule has 0 aliphatic heterocycles. The van der Waals surface area contributed by atoms with Gasteiger partial charge in [-0.15, -0.1) is 0 Å². The summed E-state index contributed by atoms with van der Waals surface area (Å²) >= 11 is 0. The summed E-state index contributed by atoms with van der Waals surface area (Å²) in [6, 6.07) is 7.83. The van der Waals surface area contributed by atoms with Gasteiger partial charge in [0.2, 0.25) is 0 Å². The van der Waals surface area contributed by atoms with Crippen LogP contribution >= 0.6 is 0 Å². The van der Waals surface area contributed by atoms with Gasteiger partial charge < -0.3 is 5.11 Å². The van der Waals surface area contributed by atoms with Crippen LogP contribution in [0.15, 0.2) is 18.2 Å². The number of aliphatic hydroxyl groups is 1. The first kappa shape index (κ1) is 8.28. The molecule has 0 bridgehead atoms. The Morgan fingerprint density at radius 2 is 2.23 bits per heavy atom. The fraction of sp³-hybridized carbons (Fsp3) is 0.364. The van der Waals surface area contributed by atoms with E-state index in [1.54, 1.807) is 6.07 Å². The summed E-state index contributed by atoms with van der Waals surface area (Å²) in [4.78, 5) is 0. The zero-order valence-corrected chi connectivity index (χ0v) is 7.33. The third-order valence-corrected chi connectivity index (χ3v) is 2.47. The minimum Gasteiger partial charge on any atom is -0.392 e. The SMILES string of the molecule is N#Cc1ccc(C2CC2)cc1CO. The summed E-state index contributed by atoms with van der Waals surface area (Å²) in [6.07, 6.45) is 2.49. The van der Waals surface area contributed by atoms with Crippen molar-refractivity contribution < 1.29 is 5.11 Å². The van der Waals surface area contributed by atoms with Crippen LogP contribution < -0.4 is 0 Å². The van der Waals surface area contributed by atoms with Crippen molar-refractivity contribution in [1.82, 2.24) is 0 Å². The fourth-order valence-electron chi connectivity index (χ4n) is 1.52. The molecule has 2 heteroatoms. The minimum atomic E-state index is -0.0382. The zero-order valence-electron chi connectivity index (χ0n) is 7.33. The highest BCUT2D eigenvalue weighted by Crippen LogP contribution is 2.40. The third kappa shape index (κ3) is 1.56. The molecule has 66 valence electrons. The Hall–Kier alpha value is -1.33. The van der Waals surface area contributed by atoms with Crippen LogP contribution in [0.25, 0.3) is 0 Å². The molecule has 0 saturated heterocycles. The van der Waals surface area contributed by atoms with Crippen molar-refractivity contribution in [1.29, 1.82) is 5.26 Å². The molecule has 1 aliphatic rings. The largest absolute Gasteiger partial charge is 0.392 e. The lowest BCUT2D eigenvalue weighted by Gasteiger charge is -2.03. The van der Waals surface area contributed by atoms with Gasteiger partial charge in [-0.3, -0.25) is 0 Å². The molecule has 0 atom stereocenters. The van der Waals surface area contributed by atoms with E-state index in [1.165, 1.54) is 18.4 Å². The quantitative estimate of drug-likeness (QED) is 0.742. The van der Waals surface area contributed by atoms with Gasteiger partial charge in [0.15, 0.2) is 0 Å². The van der Waals surface area contributed by atoms with Gasteiger partial charge in [-0.1, -0.05) is 12.1 Å². The van der Waals surface area contributed by atoms with Gasteiger partial charge in [0, 0.05) is 0 Å². The summed E-state index contributed by atoms with van der Waals surface area (Å²) in [5, 5.41) is 17.8. The first-order chi connectivity index (χ1) is 6.35. The van der Waals surface area contributed by atoms with Gasteiger partial charge in [-0.25, -0.2) is 0 Å². The average molecular weight is 173 g/mol. The molecular weight excluding hydrogens is 162 g/mol. The van der Waals surface area contributed by atoms with Crippen molar-refractivity contribution in [2.45, 2.75) is 25.4 Å².